The first-order chi connectivity index (χ1) is 15.9. The van der Waals surface area contributed by atoms with E-state index in [9.17, 15) is 19.2 Å². The van der Waals surface area contributed by atoms with Crippen LogP contribution in [0.2, 0.25) is 0 Å². The molecule has 178 valence electrons. The number of amides is 5. The van der Waals surface area contributed by atoms with Gasteiger partial charge in [0, 0.05) is 17.3 Å². The molecule has 0 bridgehead atoms. The lowest BCUT2D eigenvalue weighted by Crippen LogP contribution is -2.51. The molecule has 9 heteroatoms. The molecule has 1 aromatic carbocycles. The van der Waals surface area contributed by atoms with E-state index in [-0.39, 0.29) is 24.4 Å². The average Bonchev–Trinajstić information content (AvgIpc) is 3.03. The Bertz CT molecular complexity index is 935. The molecule has 1 saturated heterocycles. The van der Waals surface area contributed by atoms with Gasteiger partial charge in [-0.05, 0) is 56.4 Å². The molecular formula is C24H33N5O4. The van der Waals surface area contributed by atoms with Crippen molar-refractivity contribution in [2.45, 2.75) is 82.7 Å². The van der Waals surface area contributed by atoms with Crippen LogP contribution in [-0.4, -0.2) is 46.9 Å². The summed E-state index contributed by atoms with van der Waals surface area (Å²) in [5.74, 6) is -0.959. The number of hydrogen-bond acceptors (Lipinski definition) is 5. The van der Waals surface area contributed by atoms with Gasteiger partial charge in [0.15, 0.2) is 0 Å². The molecule has 0 atom stereocenters. The molecule has 1 aliphatic heterocycles. The lowest BCUT2D eigenvalue weighted by atomic mass is 9.82. The molecule has 3 fully saturated rings. The topological polar surface area (TPSA) is 120 Å². The Labute approximate surface area is 194 Å². The van der Waals surface area contributed by atoms with Gasteiger partial charge in [-0.3, -0.25) is 19.8 Å². The smallest absolute Gasteiger partial charge is 0.344 e. The van der Waals surface area contributed by atoms with E-state index in [4.69, 9.17) is 0 Å². The van der Waals surface area contributed by atoms with Gasteiger partial charge in [-0.2, -0.15) is 5.01 Å². The average molecular weight is 456 g/mol. The first-order valence-corrected chi connectivity index (χ1v) is 12.0. The summed E-state index contributed by atoms with van der Waals surface area (Å²) in [4.78, 5) is 50.0. The standard InChI is InChI=1S/C24H33N5O4/c1-16-14-17(21(31)26-18-8-4-2-5-9-18)10-11-19(16)25-15-20(30)28-29-22(32)24(27-23(29)33)12-6-3-7-13-24/h10-11,14,18,25H,2-9,12-13,15H2,1H3,(H,26,31)(H,27,33)(H,28,30). The van der Waals surface area contributed by atoms with E-state index in [1.54, 1.807) is 18.2 Å². The number of nitrogens with zero attached hydrogens (tertiary/aromatic N) is 1. The fourth-order valence-corrected chi connectivity index (χ4v) is 5.07. The van der Waals surface area contributed by atoms with Gasteiger partial charge < -0.3 is 16.0 Å². The summed E-state index contributed by atoms with van der Waals surface area (Å²) in [5.41, 5.74) is 3.67. The monoisotopic (exact) mass is 455 g/mol. The summed E-state index contributed by atoms with van der Waals surface area (Å²) in [6.07, 6.45) is 9.59. The Morgan fingerprint density at radius 1 is 1.06 bits per heavy atom. The van der Waals surface area contributed by atoms with Crippen molar-refractivity contribution in [2.75, 3.05) is 11.9 Å². The molecule has 4 N–H and O–H groups in total. The number of imide groups is 1. The number of benzene rings is 1. The Hall–Kier alpha value is -3.10. The van der Waals surface area contributed by atoms with Crippen LogP contribution in [0.15, 0.2) is 18.2 Å². The summed E-state index contributed by atoms with van der Waals surface area (Å²) >= 11 is 0. The molecular weight excluding hydrogens is 422 g/mol. The van der Waals surface area contributed by atoms with Crippen molar-refractivity contribution < 1.29 is 19.2 Å². The van der Waals surface area contributed by atoms with Crippen LogP contribution in [0.4, 0.5) is 10.5 Å². The van der Waals surface area contributed by atoms with Crippen LogP contribution in [0.3, 0.4) is 0 Å². The summed E-state index contributed by atoms with van der Waals surface area (Å²) in [7, 11) is 0. The van der Waals surface area contributed by atoms with Crippen LogP contribution in [0, 0.1) is 6.92 Å². The predicted octanol–water partition coefficient (Wildman–Crippen LogP) is 2.76. The second-order valence-electron chi connectivity index (χ2n) is 9.44. The highest BCUT2D eigenvalue weighted by molar-refractivity contribution is 6.08. The van der Waals surface area contributed by atoms with Crippen LogP contribution < -0.4 is 21.4 Å². The molecule has 0 radical (unpaired) electrons. The van der Waals surface area contributed by atoms with Gasteiger partial charge >= 0.3 is 6.03 Å². The highest BCUT2D eigenvalue weighted by atomic mass is 16.2. The van der Waals surface area contributed by atoms with Crippen LogP contribution in [0.1, 0.15) is 80.1 Å². The molecule has 0 unspecified atom stereocenters. The Balaban J connectivity index is 1.29. The molecule has 2 saturated carbocycles. The molecule has 33 heavy (non-hydrogen) atoms. The van der Waals surface area contributed by atoms with E-state index in [0.717, 1.165) is 55.5 Å². The minimum absolute atomic E-state index is 0.0792. The third-order valence-corrected chi connectivity index (χ3v) is 6.97. The number of anilines is 1. The summed E-state index contributed by atoms with van der Waals surface area (Å²) in [6.45, 7) is 1.75. The van der Waals surface area contributed by atoms with E-state index >= 15 is 0 Å². The SMILES string of the molecule is Cc1cc(C(=O)NC2CCCCC2)ccc1NCC(=O)NN1C(=O)NC2(CCCCC2)C1=O. The molecule has 5 amide bonds. The van der Waals surface area contributed by atoms with Crippen LogP contribution in [0.5, 0.6) is 0 Å². The van der Waals surface area contributed by atoms with Crippen molar-refractivity contribution in [3.05, 3.63) is 29.3 Å². The van der Waals surface area contributed by atoms with E-state index in [1.165, 1.54) is 6.42 Å². The predicted molar refractivity (Wildman–Crippen MR) is 123 cm³/mol. The first kappa shape index (κ1) is 23.1. The maximum absolute atomic E-state index is 12.8. The fourth-order valence-electron chi connectivity index (χ4n) is 5.07. The van der Waals surface area contributed by atoms with Crippen LogP contribution in [-0.2, 0) is 9.59 Å². The van der Waals surface area contributed by atoms with E-state index in [1.807, 2.05) is 6.92 Å². The second kappa shape index (κ2) is 9.80. The van der Waals surface area contributed by atoms with E-state index in [2.05, 4.69) is 21.4 Å². The van der Waals surface area contributed by atoms with Crippen molar-refractivity contribution in [3.8, 4) is 0 Å². The molecule has 3 aliphatic rings. The van der Waals surface area contributed by atoms with Gasteiger partial charge in [0.2, 0.25) is 0 Å². The minimum atomic E-state index is -0.874. The van der Waals surface area contributed by atoms with Crippen LogP contribution >= 0.6 is 0 Å². The zero-order chi connectivity index (χ0) is 23.4. The largest absolute Gasteiger partial charge is 0.376 e. The zero-order valence-electron chi connectivity index (χ0n) is 19.2. The molecule has 1 aromatic rings. The molecule has 9 nitrogen and oxygen atoms in total. The molecule has 1 heterocycles. The van der Waals surface area contributed by atoms with Gasteiger partial charge in [-0.25, -0.2) is 4.79 Å². The Morgan fingerprint density at radius 3 is 2.45 bits per heavy atom. The zero-order valence-corrected chi connectivity index (χ0v) is 19.2. The lowest BCUT2D eigenvalue weighted by Gasteiger charge is -2.30. The molecule has 1 spiro atoms. The van der Waals surface area contributed by atoms with Crippen molar-refractivity contribution in [1.82, 2.24) is 21.1 Å². The number of aryl methyl sites for hydroxylation is 1. The van der Waals surface area contributed by atoms with Crippen molar-refractivity contribution in [2.24, 2.45) is 0 Å². The third kappa shape index (κ3) is 5.12. The van der Waals surface area contributed by atoms with Crippen molar-refractivity contribution >= 4 is 29.4 Å². The summed E-state index contributed by atoms with van der Waals surface area (Å²) in [5, 5.41) is 9.70. The molecule has 2 aliphatic carbocycles. The van der Waals surface area contributed by atoms with Crippen molar-refractivity contribution in [1.29, 1.82) is 0 Å². The third-order valence-electron chi connectivity index (χ3n) is 6.97. The molecule has 4 rings (SSSR count). The molecule has 0 aromatic heterocycles. The van der Waals surface area contributed by atoms with Gasteiger partial charge in [-0.15, -0.1) is 0 Å². The number of hydrogen-bond donors (Lipinski definition) is 4. The van der Waals surface area contributed by atoms with Crippen molar-refractivity contribution in [3.63, 3.8) is 0 Å². The number of carbonyl (C=O) groups is 4. The maximum atomic E-state index is 12.8. The Morgan fingerprint density at radius 2 is 1.76 bits per heavy atom. The highest BCUT2D eigenvalue weighted by Gasteiger charge is 2.52. The normalized spacial score (nSPS) is 20.5. The number of hydrazine groups is 1. The number of nitrogens with one attached hydrogen (secondary N) is 4. The second-order valence-corrected chi connectivity index (χ2v) is 9.44. The summed E-state index contributed by atoms with van der Waals surface area (Å²) in [6, 6.07) is 4.95. The summed E-state index contributed by atoms with van der Waals surface area (Å²) < 4.78 is 0. The van der Waals surface area contributed by atoms with E-state index in [0.29, 0.717) is 24.1 Å². The van der Waals surface area contributed by atoms with Gasteiger partial charge in [0.1, 0.15) is 5.54 Å². The number of carbonyl (C=O) groups excluding carboxylic acids is 4. The first-order valence-electron chi connectivity index (χ1n) is 12.0. The number of rotatable bonds is 6. The van der Waals surface area contributed by atoms with Gasteiger partial charge in [-0.1, -0.05) is 38.5 Å². The number of urea groups is 1. The lowest BCUT2D eigenvalue weighted by molar-refractivity contribution is -0.139. The highest BCUT2D eigenvalue weighted by Crippen LogP contribution is 2.33. The van der Waals surface area contributed by atoms with Crippen LogP contribution in [0.25, 0.3) is 0 Å². The van der Waals surface area contributed by atoms with E-state index < -0.39 is 17.5 Å². The maximum Gasteiger partial charge on any atom is 0.344 e. The Kier molecular flexibility index (Phi) is 6.85. The quantitative estimate of drug-likeness (QED) is 0.492. The van der Waals surface area contributed by atoms with Gasteiger partial charge in [0.25, 0.3) is 17.7 Å². The minimum Gasteiger partial charge on any atom is -0.376 e. The van der Waals surface area contributed by atoms with Gasteiger partial charge in [0.05, 0.1) is 6.54 Å². The fraction of sp³-hybridized carbons (Fsp3) is 0.583.